The summed E-state index contributed by atoms with van der Waals surface area (Å²) in [6.45, 7) is 4.87. The highest BCUT2D eigenvalue weighted by Crippen LogP contribution is 2.31. The van der Waals surface area contributed by atoms with Crippen LogP contribution in [0.4, 0.5) is 10.6 Å². The number of carbonyl (C=O) groups is 1. The third kappa shape index (κ3) is 5.01. The maximum Gasteiger partial charge on any atom is 0.320 e. The van der Waals surface area contributed by atoms with Crippen LogP contribution >= 0.6 is 11.5 Å². The minimum absolute atomic E-state index is 0.0532. The molecule has 0 spiro atoms. The highest BCUT2D eigenvalue weighted by Gasteiger charge is 2.36. The van der Waals surface area contributed by atoms with Crippen molar-refractivity contribution < 1.29 is 9.53 Å². The molecule has 2 N–H and O–H groups in total. The molecule has 4 heterocycles. The molecule has 0 saturated carbocycles. The summed E-state index contributed by atoms with van der Waals surface area (Å²) in [5, 5.41) is 21.6. The van der Waals surface area contributed by atoms with Gasteiger partial charge in [-0.1, -0.05) is 22.7 Å². The molecule has 3 aromatic heterocycles. The third-order valence-electron chi connectivity index (χ3n) is 6.41. The number of anilines is 1. The van der Waals surface area contributed by atoms with Gasteiger partial charge >= 0.3 is 6.03 Å². The van der Waals surface area contributed by atoms with Gasteiger partial charge in [-0.25, -0.2) is 9.48 Å². The molecule has 0 unspecified atom stereocenters. The summed E-state index contributed by atoms with van der Waals surface area (Å²) >= 11 is 1.32. The van der Waals surface area contributed by atoms with Gasteiger partial charge in [-0.2, -0.15) is 10.2 Å². The summed E-state index contributed by atoms with van der Waals surface area (Å²) in [7, 11) is 3.56. The van der Waals surface area contributed by atoms with E-state index < -0.39 is 0 Å². The van der Waals surface area contributed by atoms with E-state index in [1.54, 1.807) is 22.7 Å². The average Bonchev–Trinajstić information content (AvgIpc) is 3.67. The number of benzene rings is 1. The second kappa shape index (κ2) is 10.6. The number of para-hydroxylation sites is 1. The Hall–Kier alpha value is -3.61. The maximum atomic E-state index is 13.3. The van der Waals surface area contributed by atoms with Gasteiger partial charge in [0.25, 0.3) is 0 Å². The zero-order chi connectivity index (χ0) is 25.1. The first-order chi connectivity index (χ1) is 17.5. The lowest BCUT2D eigenvalue weighted by molar-refractivity contribution is 0.159. The molecule has 5 rings (SSSR count). The quantitative estimate of drug-likeness (QED) is 0.377. The standard InChI is InChI=1S/C24H29N9O2S/c1-16-22(17-11-25-31(2)12-17)29-33(18-7-5-4-6-8-18)23(16)27-24(34)26-20-14-32(9-10-35-3)13-19(20)21-15-36-30-28-21/h4-8,11-12,15,19-20H,9-10,13-14H2,1-3H3,(H2,26,27,34)/t19-,20-/m1/s1. The van der Waals surface area contributed by atoms with Crippen molar-refractivity contribution in [2.75, 3.05) is 38.7 Å². The molecular formula is C24H29N9O2S. The SMILES string of the molecule is COCCN1C[C@@H](NC(=O)Nc2c(C)c(-c3cnn(C)c3)nn2-c2ccccc2)[C@H](c2csnn2)C1. The highest BCUT2D eigenvalue weighted by atomic mass is 32.1. The fraction of sp³-hybridized carbons (Fsp3) is 0.375. The van der Waals surface area contributed by atoms with E-state index in [9.17, 15) is 4.79 Å². The molecule has 0 aliphatic carbocycles. The number of ether oxygens (including phenoxy) is 1. The van der Waals surface area contributed by atoms with Gasteiger partial charge in [0, 0.05) is 62.4 Å². The molecule has 188 valence electrons. The van der Waals surface area contributed by atoms with E-state index in [1.165, 1.54) is 11.5 Å². The van der Waals surface area contributed by atoms with Gasteiger partial charge in [0.1, 0.15) is 11.5 Å². The lowest BCUT2D eigenvalue weighted by atomic mass is 10.0. The van der Waals surface area contributed by atoms with Crippen LogP contribution < -0.4 is 10.6 Å². The van der Waals surface area contributed by atoms with Crippen LogP contribution in [-0.4, -0.2) is 79.5 Å². The number of aromatic nitrogens is 6. The minimum Gasteiger partial charge on any atom is -0.383 e. The highest BCUT2D eigenvalue weighted by molar-refractivity contribution is 7.03. The summed E-state index contributed by atoms with van der Waals surface area (Å²) in [4.78, 5) is 15.6. The minimum atomic E-state index is -0.292. The van der Waals surface area contributed by atoms with E-state index in [0.29, 0.717) is 19.0 Å². The Morgan fingerprint density at radius 1 is 1.25 bits per heavy atom. The van der Waals surface area contributed by atoms with Crippen LogP contribution in [0.1, 0.15) is 17.2 Å². The summed E-state index contributed by atoms with van der Waals surface area (Å²) in [6.07, 6.45) is 3.68. The van der Waals surface area contributed by atoms with Gasteiger partial charge in [-0.3, -0.25) is 14.9 Å². The van der Waals surface area contributed by atoms with E-state index in [-0.39, 0.29) is 18.0 Å². The molecule has 1 aliphatic heterocycles. The van der Waals surface area contributed by atoms with Crippen molar-refractivity contribution in [2.45, 2.75) is 18.9 Å². The number of rotatable bonds is 8. The number of nitrogens with one attached hydrogen (secondary N) is 2. The number of carbonyl (C=O) groups excluding carboxylic acids is 1. The monoisotopic (exact) mass is 507 g/mol. The van der Waals surface area contributed by atoms with E-state index in [0.717, 1.165) is 41.3 Å². The molecule has 2 amide bonds. The van der Waals surface area contributed by atoms with E-state index in [1.807, 2.05) is 55.9 Å². The first-order valence-electron chi connectivity index (χ1n) is 11.7. The number of hydrogen-bond acceptors (Lipinski definition) is 8. The molecular weight excluding hydrogens is 478 g/mol. The summed E-state index contributed by atoms with van der Waals surface area (Å²) < 4.78 is 12.8. The first kappa shape index (κ1) is 24.1. The molecule has 11 nitrogen and oxygen atoms in total. The molecule has 4 aromatic rings. The van der Waals surface area contributed by atoms with Crippen LogP contribution in [0.25, 0.3) is 16.9 Å². The van der Waals surface area contributed by atoms with Crippen LogP contribution in [0.15, 0.2) is 48.1 Å². The van der Waals surface area contributed by atoms with Crippen molar-refractivity contribution in [3.05, 3.63) is 59.4 Å². The van der Waals surface area contributed by atoms with Gasteiger partial charge in [0.05, 0.1) is 30.2 Å². The van der Waals surface area contributed by atoms with Crippen LogP contribution in [0.2, 0.25) is 0 Å². The predicted molar refractivity (Wildman–Crippen MR) is 137 cm³/mol. The van der Waals surface area contributed by atoms with Crippen molar-refractivity contribution in [1.82, 2.24) is 39.4 Å². The number of amides is 2. The van der Waals surface area contributed by atoms with Crippen molar-refractivity contribution in [1.29, 1.82) is 0 Å². The summed E-state index contributed by atoms with van der Waals surface area (Å²) in [5.74, 6) is 0.663. The Balaban J connectivity index is 1.40. The maximum absolute atomic E-state index is 13.3. The molecule has 0 radical (unpaired) electrons. The van der Waals surface area contributed by atoms with Gasteiger partial charge in [-0.15, -0.1) is 5.10 Å². The smallest absolute Gasteiger partial charge is 0.320 e. The average molecular weight is 508 g/mol. The first-order valence-corrected chi connectivity index (χ1v) is 12.6. The molecule has 12 heteroatoms. The van der Waals surface area contributed by atoms with Gasteiger partial charge in [0.2, 0.25) is 0 Å². The molecule has 1 fully saturated rings. The lowest BCUT2D eigenvalue weighted by Gasteiger charge is -2.19. The number of hydrogen-bond donors (Lipinski definition) is 2. The molecule has 36 heavy (non-hydrogen) atoms. The number of aryl methyl sites for hydroxylation is 1. The van der Waals surface area contributed by atoms with Gasteiger partial charge in [0.15, 0.2) is 0 Å². The van der Waals surface area contributed by atoms with Gasteiger partial charge < -0.3 is 10.1 Å². The summed E-state index contributed by atoms with van der Waals surface area (Å²) in [6, 6.07) is 9.34. The molecule has 1 saturated heterocycles. The van der Waals surface area contributed by atoms with Crippen LogP contribution in [0.5, 0.6) is 0 Å². The summed E-state index contributed by atoms with van der Waals surface area (Å²) in [5.41, 5.74) is 4.25. The number of nitrogens with zero attached hydrogens (tertiary/aromatic N) is 7. The zero-order valence-corrected chi connectivity index (χ0v) is 21.3. The number of methoxy groups -OCH3 is 1. The van der Waals surface area contributed by atoms with Crippen LogP contribution in [-0.2, 0) is 11.8 Å². The second-order valence-electron chi connectivity index (χ2n) is 8.87. The normalized spacial score (nSPS) is 18.0. The Kier molecular flexibility index (Phi) is 7.07. The Morgan fingerprint density at radius 3 is 2.78 bits per heavy atom. The van der Waals surface area contributed by atoms with E-state index in [4.69, 9.17) is 9.84 Å². The molecule has 1 aliphatic rings. The predicted octanol–water partition coefficient (Wildman–Crippen LogP) is 2.67. The van der Waals surface area contributed by atoms with Crippen molar-refractivity contribution in [3.8, 4) is 16.9 Å². The third-order valence-corrected chi connectivity index (χ3v) is 6.94. The zero-order valence-electron chi connectivity index (χ0n) is 20.5. The molecule has 2 atom stereocenters. The number of likely N-dealkylation sites (tertiary alicyclic amines) is 1. The molecule has 0 bridgehead atoms. The van der Waals surface area contributed by atoms with Crippen LogP contribution in [0.3, 0.4) is 0 Å². The second-order valence-corrected chi connectivity index (χ2v) is 9.48. The van der Waals surface area contributed by atoms with E-state index >= 15 is 0 Å². The Morgan fingerprint density at radius 2 is 2.08 bits per heavy atom. The topological polar surface area (TPSA) is 115 Å². The van der Waals surface area contributed by atoms with Crippen molar-refractivity contribution in [2.24, 2.45) is 7.05 Å². The number of urea groups is 1. The molecule has 1 aromatic carbocycles. The van der Waals surface area contributed by atoms with Crippen molar-refractivity contribution in [3.63, 3.8) is 0 Å². The van der Waals surface area contributed by atoms with Crippen molar-refractivity contribution >= 4 is 23.4 Å². The fourth-order valence-electron chi connectivity index (χ4n) is 4.60. The Bertz CT molecular complexity index is 1300. The largest absolute Gasteiger partial charge is 0.383 e. The Labute approximate surface area is 213 Å². The van der Waals surface area contributed by atoms with E-state index in [2.05, 4.69) is 30.2 Å². The van der Waals surface area contributed by atoms with Gasteiger partial charge in [-0.05, 0) is 30.6 Å². The fourth-order valence-corrected chi connectivity index (χ4v) is 5.11. The lowest BCUT2D eigenvalue weighted by Crippen LogP contribution is -2.42. The van der Waals surface area contributed by atoms with Crippen LogP contribution in [0, 0.1) is 6.92 Å².